The Kier molecular flexibility index (Phi) is 2.99. The summed E-state index contributed by atoms with van der Waals surface area (Å²) < 4.78 is 3.56. The maximum absolute atomic E-state index is 12.3. The molecule has 0 aliphatic carbocycles. The molecule has 0 bridgehead atoms. The highest BCUT2D eigenvalue weighted by molar-refractivity contribution is 5.77. The van der Waals surface area contributed by atoms with Gasteiger partial charge in [0.1, 0.15) is 12.4 Å². The zero-order valence-electron chi connectivity index (χ0n) is 10.3. The van der Waals surface area contributed by atoms with E-state index in [0.29, 0.717) is 12.1 Å². The SMILES string of the molecule is CCC1CCC(C)N1C(=O)n1cc[n+](C)c1. The summed E-state index contributed by atoms with van der Waals surface area (Å²) in [5, 5.41) is 0. The predicted octanol–water partition coefficient (Wildman–Crippen LogP) is 1.54. The lowest BCUT2D eigenvalue weighted by Crippen LogP contribution is -2.42. The Morgan fingerprint density at radius 3 is 2.81 bits per heavy atom. The number of nitrogens with zero attached hydrogens (tertiary/aromatic N) is 3. The molecule has 0 spiro atoms. The molecule has 2 unspecified atom stereocenters. The Hall–Kier alpha value is -1.32. The molecule has 0 saturated carbocycles. The molecule has 1 amide bonds. The number of rotatable bonds is 1. The van der Waals surface area contributed by atoms with Crippen molar-refractivity contribution in [3.63, 3.8) is 0 Å². The van der Waals surface area contributed by atoms with Gasteiger partial charge in [0.25, 0.3) is 6.33 Å². The summed E-state index contributed by atoms with van der Waals surface area (Å²) in [7, 11) is 1.93. The number of aryl methyl sites for hydroxylation is 1. The van der Waals surface area contributed by atoms with Crippen molar-refractivity contribution in [1.82, 2.24) is 9.47 Å². The van der Waals surface area contributed by atoms with Gasteiger partial charge in [-0.1, -0.05) is 6.92 Å². The van der Waals surface area contributed by atoms with E-state index in [9.17, 15) is 4.79 Å². The fourth-order valence-corrected chi connectivity index (χ4v) is 2.51. The van der Waals surface area contributed by atoms with Gasteiger partial charge < -0.3 is 0 Å². The summed E-state index contributed by atoms with van der Waals surface area (Å²) in [6.07, 6.45) is 8.83. The molecule has 4 heteroatoms. The van der Waals surface area contributed by atoms with E-state index in [-0.39, 0.29) is 6.03 Å². The minimum absolute atomic E-state index is 0.109. The molecule has 2 atom stereocenters. The van der Waals surface area contributed by atoms with Crippen LogP contribution < -0.4 is 4.57 Å². The van der Waals surface area contributed by atoms with E-state index in [2.05, 4.69) is 13.8 Å². The second-order valence-electron chi connectivity index (χ2n) is 4.66. The first-order valence-corrected chi connectivity index (χ1v) is 5.99. The number of imidazole rings is 1. The molecule has 0 aromatic carbocycles. The second kappa shape index (κ2) is 4.28. The minimum Gasteiger partial charge on any atom is -0.299 e. The lowest BCUT2D eigenvalue weighted by atomic mass is 10.2. The van der Waals surface area contributed by atoms with Crippen molar-refractivity contribution in [2.24, 2.45) is 7.05 Å². The molecular weight excluding hydrogens is 202 g/mol. The van der Waals surface area contributed by atoms with Gasteiger partial charge in [-0.25, -0.2) is 9.36 Å². The van der Waals surface area contributed by atoms with Crippen LogP contribution in [0.5, 0.6) is 0 Å². The van der Waals surface area contributed by atoms with Crippen LogP contribution in [0, 0.1) is 0 Å². The molecule has 88 valence electrons. The Morgan fingerprint density at radius 1 is 1.50 bits per heavy atom. The average Bonchev–Trinajstić information content (AvgIpc) is 2.83. The van der Waals surface area contributed by atoms with Crippen LogP contribution in [-0.4, -0.2) is 27.6 Å². The zero-order chi connectivity index (χ0) is 11.7. The number of carbonyl (C=O) groups is 1. The third-order valence-corrected chi connectivity index (χ3v) is 3.47. The van der Waals surface area contributed by atoms with Gasteiger partial charge in [-0.2, -0.15) is 4.57 Å². The molecule has 1 aliphatic heterocycles. The molecule has 16 heavy (non-hydrogen) atoms. The summed E-state index contributed by atoms with van der Waals surface area (Å²) in [6, 6.07) is 0.887. The highest BCUT2D eigenvalue weighted by Gasteiger charge is 2.36. The van der Waals surface area contributed by atoms with E-state index in [0.717, 1.165) is 19.3 Å². The van der Waals surface area contributed by atoms with Gasteiger partial charge in [0.05, 0.1) is 7.05 Å². The lowest BCUT2D eigenvalue weighted by Gasteiger charge is -2.25. The second-order valence-corrected chi connectivity index (χ2v) is 4.66. The standard InChI is InChI=1S/C12H20N3O/c1-4-11-6-5-10(2)15(11)12(16)14-8-7-13(3)9-14/h7-11H,4-6H2,1-3H3/q+1. The maximum atomic E-state index is 12.3. The van der Waals surface area contributed by atoms with E-state index in [4.69, 9.17) is 0 Å². The van der Waals surface area contributed by atoms with Crippen molar-refractivity contribution in [2.75, 3.05) is 0 Å². The summed E-state index contributed by atoms with van der Waals surface area (Å²) >= 11 is 0. The lowest BCUT2D eigenvalue weighted by molar-refractivity contribution is -0.670. The van der Waals surface area contributed by atoms with Crippen LogP contribution in [0.15, 0.2) is 18.7 Å². The molecule has 1 fully saturated rings. The van der Waals surface area contributed by atoms with E-state index < -0.39 is 0 Å². The zero-order valence-corrected chi connectivity index (χ0v) is 10.3. The number of hydrogen-bond acceptors (Lipinski definition) is 1. The Morgan fingerprint density at radius 2 is 2.25 bits per heavy atom. The number of likely N-dealkylation sites (tertiary alicyclic amines) is 1. The summed E-state index contributed by atoms with van der Waals surface area (Å²) in [6.45, 7) is 4.29. The third kappa shape index (κ3) is 1.84. The van der Waals surface area contributed by atoms with Gasteiger partial charge in [-0.3, -0.25) is 4.90 Å². The largest absolute Gasteiger partial charge is 0.416 e. The monoisotopic (exact) mass is 222 g/mol. The van der Waals surface area contributed by atoms with Crippen molar-refractivity contribution in [3.05, 3.63) is 18.7 Å². The molecule has 4 nitrogen and oxygen atoms in total. The van der Waals surface area contributed by atoms with Crippen LogP contribution in [0.25, 0.3) is 0 Å². The molecular formula is C12H20N3O+. The number of hydrogen-bond donors (Lipinski definition) is 0. The third-order valence-electron chi connectivity index (χ3n) is 3.47. The molecule has 1 aromatic rings. The van der Waals surface area contributed by atoms with E-state index >= 15 is 0 Å². The summed E-state index contributed by atoms with van der Waals surface area (Å²) in [5.74, 6) is 0. The van der Waals surface area contributed by atoms with Gasteiger partial charge >= 0.3 is 6.03 Å². The average molecular weight is 222 g/mol. The predicted molar refractivity (Wildman–Crippen MR) is 61.0 cm³/mol. The first-order valence-electron chi connectivity index (χ1n) is 5.99. The van der Waals surface area contributed by atoms with Crippen LogP contribution >= 0.6 is 0 Å². The quantitative estimate of drug-likeness (QED) is 0.663. The molecule has 0 N–H and O–H groups in total. The fourth-order valence-electron chi connectivity index (χ4n) is 2.51. The summed E-state index contributed by atoms with van der Waals surface area (Å²) in [5.41, 5.74) is 0. The summed E-state index contributed by atoms with van der Waals surface area (Å²) in [4.78, 5) is 14.3. The molecule has 2 heterocycles. The fraction of sp³-hybridized carbons (Fsp3) is 0.667. The highest BCUT2D eigenvalue weighted by atomic mass is 16.2. The van der Waals surface area contributed by atoms with E-state index in [1.807, 2.05) is 35.2 Å². The molecule has 1 aliphatic rings. The van der Waals surface area contributed by atoms with Crippen LogP contribution in [0.1, 0.15) is 33.1 Å². The van der Waals surface area contributed by atoms with Crippen molar-refractivity contribution in [1.29, 1.82) is 0 Å². The normalized spacial score (nSPS) is 25.1. The van der Waals surface area contributed by atoms with E-state index in [1.54, 1.807) is 4.57 Å². The molecule has 1 aromatic heterocycles. The maximum Gasteiger partial charge on any atom is 0.416 e. The number of aromatic nitrogens is 2. The Balaban J connectivity index is 2.20. The first-order chi connectivity index (χ1) is 7.63. The van der Waals surface area contributed by atoms with Crippen LogP contribution in [0.3, 0.4) is 0 Å². The van der Waals surface area contributed by atoms with Crippen molar-refractivity contribution in [2.45, 2.75) is 45.2 Å². The minimum atomic E-state index is 0.109. The van der Waals surface area contributed by atoms with Crippen molar-refractivity contribution in [3.8, 4) is 0 Å². The Labute approximate surface area is 96.5 Å². The van der Waals surface area contributed by atoms with Gasteiger partial charge in [-0.15, -0.1) is 0 Å². The topological polar surface area (TPSA) is 29.1 Å². The van der Waals surface area contributed by atoms with Gasteiger partial charge in [0.15, 0.2) is 0 Å². The van der Waals surface area contributed by atoms with Gasteiger partial charge in [0.2, 0.25) is 0 Å². The molecule has 0 radical (unpaired) electrons. The molecule has 1 saturated heterocycles. The van der Waals surface area contributed by atoms with Crippen molar-refractivity contribution < 1.29 is 9.36 Å². The number of carbonyl (C=O) groups excluding carboxylic acids is 1. The molecule has 2 rings (SSSR count). The van der Waals surface area contributed by atoms with Crippen molar-refractivity contribution >= 4 is 6.03 Å². The van der Waals surface area contributed by atoms with Crippen LogP contribution in [-0.2, 0) is 7.05 Å². The van der Waals surface area contributed by atoms with Gasteiger partial charge in [-0.05, 0) is 26.2 Å². The highest BCUT2D eigenvalue weighted by Crippen LogP contribution is 2.26. The van der Waals surface area contributed by atoms with Crippen LogP contribution in [0.4, 0.5) is 4.79 Å². The van der Waals surface area contributed by atoms with E-state index in [1.165, 1.54) is 0 Å². The van der Waals surface area contributed by atoms with Gasteiger partial charge in [0, 0.05) is 12.1 Å². The van der Waals surface area contributed by atoms with Crippen LogP contribution in [0.2, 0.25) is 0 Å². The first kappa shape index (κ1) is 11.2. The smallest absolute Gasteiger partial charge is 0.299 e. The Bertz CT molecular complexity index is 385. The number of amides is 1.